The van der Waals surface area contributed by atoms with E-state index < -0.39 is 6.03 Å². The number of morpholine rings is 1. The van der Waals surface area contributed by atoms with Crippen LogP contribution in [0.2, 0.25) is 0 Å². The first-order chi connectivity index (χ1) is 13.8. The van der Waals surface area contributed by atoms with E-state index in [1.807, 2.05) is 6.07 Å². The van der Waals surface area contributed by atoms with Crippen molar-refractivity contribution in [1.29, 1.82) is 0 Å². The second-order valence-electron chi connectivity index (χ2n) is 6.34. The summed E-state index contributed by atoms with van der Waals surface area (Å²) in [6, 6.07) is 8.46. The van der Waals surface area contributed by atoms with E-state index in [4.69, 9.17) is 18.8 Å². The zero-order valence-electron chi connectivity index (χ0n) is 14.8. The molecule has 2 amide bonds. The van der Waals surface area contributed by atoms with Gasteiger partial charge in [0.05, 0.1) is 24.6 Å². The number of rotatable bonds is 3. The van der Waals surface area contributed by atoms with E-state index in [2.05, 4.69) is 25.8 Å². The highest BCUT2D eigenvalue weighted by Crippen LogP contribution is 2.34. The summed E-state index contributed by atoms with van der Waals surface area (Å²) in [6.45, 7) is 3.02. The molecule has 0 atom stereocenters. The number of carbonyl (C=O) groups is 1. The Labute approximate surface area is 159 Å². The van der Waals surface area contributed by atoms with Crippen LogP contribution in [0.5, 0.6) is 11.5 Å². The van der Waals surface area contributed by atoms with E-state index in [0.717, 1.165) is 18.8 Å². The third kappa shape index (κ3) is 3.03. The predicted octanol–water partition coefficient (Wildman–Crippen LogP) is 2.43. The molecule has 1 aromatic heterocycles. The average molecular weight is 383 g/mol. The van der Waals surface area contributed by atoms with Gasteiger partial charge in [-0.25, -0.2) is 9.42 Å². The Morgan fingerprint density at radius 2 is 1.79 bits per heavy atom. The fraction of sp³-hybridized carbons (Fsp3) is 0.278. The standard InChI is InChI=1S/C18H17N5O5/c24-18(19-11-1-4-14-15(9-11)27-10-26-14)20-12-2-3-13(17-16(12)21-28-22-17)23-5-7-25-8-6-23/h1-4,9H,5-8,10H2,(H2,19,20,24). The minimum Gasteiger partial charge on any atom is -0.454 e. The summed E-state index contributed by atoms with van der Waals surface area (Å²) in [5, 5.41) is 13.5. The van der Waals surface area contributed by atoms with E-state index in [0.29, 0.717) is 47.1 Å². The van der Waals surface area contributed by atoms with Gasteiger partial charge in [0.15, 0.2) is 22.5 Å². The molecule has 2 aliphatic heterocycles. The Hall–Kier alpha value is -3.53. The summed E-state index contributed by atoms with van der Waals surface area (Å²) >= 11 is 0. The summed E-state index contributed by atoms with van der Waals surface area (Å²) in [5.41, 5.74) is 3.08. The highest BCUT2D eigenvalue weighted by Gasteiger charge is 2.20. The van der Waals surface area contributed by atoms with Crippen molar-refractivity contribution in [2.75, 3.05) is 48.6 Å². The Kier molecular flexibility index (Phi) is 4.09. The number of urea groups is 1. The van der Waals surface area contributed by atoms with Gasteiger partial charge in [0.2, 0.25) is 6.79 Å². The van der Waals surface area contributed by atoms with Gasteiger partial charge in [-0.05, 0) is 34.6 Å². The molecule has 5 rings (SSSR count). The molecule has 2 N–H and O–H groups in total. The molecule has 3 heterocycles. The maximum atomic E-state index is 12.4. The van der Waals surface area contributed by atoms with Gasteiger partial charge in [-0.3, -0.25) is 0 Å². The van der Waals surface area contributed by atoms with Gasteiger partial charge < -0.3 is 29.7 Å². The maximum Gasteiger partial charge on any atom is 0.323 e. The minimum atomic E-state index is -0.415. The van der Waals surface area contributed by atoms with Crippen LogP contribution in [0.25, 0.3) is 11.0 Å². The van der Waals surface area contributed by atoms with Crippen molar-refractivity contribution in [2.24, 2.45) is 0 Å². The van der Waals surface area contributed by atoms with Crippen LogP contribution < -0.4 is 25.0 Å². The molecule has 1 saturated heterocycles. The van der Waals surface area contributed by atoms with Crippen molar-refractivity contribution < 1.29 is 23.6 Å². The van der Waals surface area contributed by atoms with Crippen molar-refractivity contribution in [3.8, 4) is 11.5 Å². The third-order valence-corrected chi connectivity index (χ3v) is 4.62. The summed E-state index contributed by atoms with van der Waals surface area (Å²) in [4.78, 5) is 14.6. The van der Waals surface area contributed by atoms with Crippen LogP contribution in [0, 0.1) is 0 Å². The summed E-state index contributed by atoms with van der Waals surface area (Å²) < 4.78 is 20.9. The Balaban J connectivity index is 1.35. The quantitative estimate of drug-likeness (QED) is 0.709. The number of amides is 2. The first-order valence-electron chi connectivity index (χ1n) is 8.83. The van der Waals surface area contributed by atoms with Crippen molar-refractivity contribution >= 4 is 34.1 Å². The molecule has 144 valence electrons. The van der Waals surface area contributed by atoms with E-state index in [9.17, 15) is 4.79 Å². The molecule has 10 nitrogen and oxygen atoms in total. The van der Waals surface area contributed by atoms with Crippen LogP contribution in [0.15, 0.2) is 35.0 Å². The SMILES string of the molecule is O=C(Nc1ccc2c(c1)OCO2)Nc1ccc(N2CCOCC2)c2nonc12. The number of nitrogens with zero attached hydrogens (tertiary/aromatic N) is 3. The molecule has 0 unspecified atom stereocenters. The van der Waals surface area contributed by atoms with Gasteiger partial charge in [0.25, 0.3) is 0 Å². The number of hydrogen-bond donors (Lipinski definition) is 2. The van der Waals surface area contributed by atoms with E-state index in [1.165, 1.54) is 0 Å². The average Bonchev–Trinajstić information content (AvgIpc) is 3.38. The van der Waals surface area contributed by atoms with Crippen LogP contribution in [0.1, 0.15) is 0 Å². The zero-order valence-corrected chi connectivity index (χ0v) is 14.8. The van der Waals surface area contributed by atoms with Gasteiger partial charge in [-0.15, -0.1) is 0 Å². The van der Waals surface area contributed by atoms with Crippen LogP contribution in [0.4, 0.5) is 21.9 Å². The summed E-state index contributed by atoms with van der Waals surface area (Å²) in [5.74, 6) is 1.25. The maximum absolute atomic E-state index is 12.4. The van der Waals surface area contributed by atoms with Crippen LogP contribution >= 0.6 is 0 Å². The van der Waals surface area contributed by atoms with Crippen LogP contribution in [-0.4, -0.2) is 49.4 Å². The van der Waals surface area contributed by atoms with Crippen molar-refractivity contribution in [2.45, 2.75) is 0 Å². The molecular weight excluding hydrogens is 366 g/mol. The van der Waals surface area contributed by atoms with Gasteiger partial charge in [-0.2, -0.15) is 0 Å². The van der Waals surface area contributed by atoms with Crippen molar-refractivity contribution in [3.05, 3.63) is 30.3 Å². The normalized spacial score (nSPS) is 15.6. The molecule has 1 fully saturated rings. The largest absolute Gasteiger partial charge is 0.454 e. The smallest absolute Gasteiger partial charge is 0.323 e. The fourth-order valence-corrected chi connectivity index (χ4v) is 3.27. The lowest BCUT2D eigenvalue weighted by molar-refractivity contribution is 0.123. The number of fused-ring (bicyclic) bond motifs is 2. The van der Waals surface area contributed by atoms with Crippen molar-refractivity contribution in [3.63, 3.8) is 0 Å². The number of ether oxygens (including phenoxy) is 3. The fourth-order valence-electron chi connectivity index (χ4n) is 3.27. The van der Waals surface area contributed by atoms with E-state index >= 15 is 0 Å². The number of aromatic nitrogens is 2. The van der Waals surface area contributed by atoms with Gasteiger partial charge in [-0.1, -0.05) is 0 Å². The number of hydrogen-bond acceptors (Lipinski definition) is 8. The molecule has 0 spiro atoms. The number of nitrogens with one attached hydrogen (secondary N) is 2. The van der Waals surface area contributed by atoms with E-state index in [1.54, 1.807) is 24.3 Å². The van der Waals surface area contributed by atoms with Gasteiger partial charge in [0, 0.05) is 24.8 Å². The second kappa shape index (κ2) is 6.89. The van der Waals surface area contributed by atoms with Crippen molar-refractivity contribution in [1.82, 2.24) is 10.3 Å². The van der Waals surface area contributed by atoms with Crippen LogP contribution in [0.3, 0.4) is 0 Å². The lowest BCUT2D eigenvalue weighted by Crippen LogP contribution is -2.36. The highest BCUT2D eigenvalue weighted by molar-refractivity contribution is 6.06. The molecule has 3 aromatic rings. The van der Waals surface area contributed by atoms with Crippen LogP contribution in [-0.2, 0) is 4.74 Å². The Morgan fingerprint density at radius 1 is 0.964 bits per heavy atom. The lowest BCUT2D eigenvalue weighted by atomic mass is 10.2. The monoisotopic (exact) mass is 383 g/mol. The molecule has 0 aliphatic carbocycles. The second-order valence-corrected chi connectivity index (χ2v) is 6.34. The summed E-state index contributed by atoms with van der Waals surface area (Å²) in [7, 11) is 0. The Morgan fingerprint density at radius 3 is 2.68 bits per heavy atom. The third-order valence-electron chi connectivity index (χ3n) is 4.62. The molecular formula is C18H17N5O5. The number of anilines is 3. The summed E-state index contributed by atoms with van der Waals surface area (Å²) in [6.07, 6.45) is 0. The van der Waals surface area contributed by atoms with E-state index in [-0.39, 0.29) is 6.79 Å². The lowest BCUT2D eigenvalue weighted by Gasteiger charge is -2.28. The van der Waals surface area contributed by atoms with Gasteiger partial charge >= 0.3 is 6.03 Å². The molecule has 10 heteroatoms. The first kappa shape index (κ1) is 16.6. The Bertz CT molecular complexity index is 1030. The molecule has 2 aliphatic rings. The molecule has 2 aromatic carbocycles. The highest BCUT2D eigenvalue weighted by atomic mass is 16.7. The topological polar surface area (TPSA) is 111 Å². The van der Waals surface area contributed by atoms with Gasteiger partial charge in [0.1, 0.15) is 0 Å². The number of benzene rings is 2. The molecule has 0 bridgehead atoms. The molecule has 0 saturated carbocycles. The predicted molar refractivity (Wildman–Crippen MR) is 100 cm³/mol. The molecule has 28 heavy (non-hydrogen) atoms. The molecule has 0 radical (unpaired) electrons. The number of carbonyl (C=O) groups excluding carboxylic acids is 1. The minimum absolute atomic E-state index is 0.178. The first-order valence-corrected chi connectivity index (χ1v) is 8.83. The zero-order chi connectivity index (χ0) is 18.9.